The molecule has 174 valence electrons. The minimum atomic E-state index is 0.710. The van der Waals surface area contributed by atoms with Crippen LogP contribution in [0.1, 0.15) is 31.2 Å². The van der Waals surface area contributed by atoms with Gasteiger partial charge in [-0.2, -0.15) is 0 Å². The van der Waals surface area contributed by atoms with E-state index in [1.165, 1.54) is 0 Å². The van der Waals surface area contributed by atoms with E-state index in [2.05, 4.69) is 46.7 Å². The number of hydrogen-bond acceptors (Lipinski definition) is 5. The molecular weight excluding hydrogens is 424 g/mol. The lowest BCUT2D eigenvalue weighted by Gasteiger charge is -2.08. The number of benzene rings is 3. The predicted molar refractivity (Wildman–Crippen MR) is 137 cm³/mol. The summed E-state index contributed by atoms with van der Waals surface area (Å²) in [5.74, 6) is 3.60. The van der Waals surface area contributed by atoms with Crippen LogP contribution in [0.4, 0.5) is 0 Å². The van der Waals surface area contributed by atoms with Gasteiger partial charge in [-0.15, -0.1) is 0 Å². The maximum Gasteiger partial charge on any atom is 0.135 e. The molecule has 0 aliphatic carbocycles. The Labute approximate surface area is 200 Å². The highest BCUT2D eigenvalue weighted by molar-refractivity contribution is 6.02. The number of nitrogens with one attached hydrogen (secondary N) is 1. The summed E-state index contributed by atoms with van der Waals surface area (Å²) in [4.78, 5) is 4.50. The van der Waals surface area contributed by atoms with Crippen LogP contribution in [0.5, 0.6) is 11.5 Å². The number of hydrogen-bond donors (Lipinski definition) is 1. The molecule has 1 N–H and O–H groups in total. The molecule has 0 saturated carbocycles. The second kappa shape index (κ2) is 10.9. The standard InChI is InChI=1S/C29H30N2O3/c1(6-17-32-25-10-4-3-5-11-25)2-7-18-33-26-12-8-9-22(19-26)27-20-23-13-14-24(21-28(23)34-27)29-30-15-16-31-29/h3-5,8-14,19-21H,1-2,6-7,15-18H2,(H,30,31). The van der Waals surface area contributed by atoms with Gasteiger partial charge in [0.2, 0.25) is 0 Å². The topological polar surface area (TPSA) is 56.0 Å². The normalized spacial score (nSPS) is 13.0. The summed E-state index contributed by atoms with van der Waals surface area (Å²) in [6, 6.07) is 26.4. The Morgan fingerprint density at radius 2 is 1.53 bits per heavy atom. The smallest absolute Gasteiger partial charge is 0.135 e. The Kier molecular flexibility index (Phi) is 7.10. The van der Waals surface area contributed by atoms with E-state index in [9.17, 15) is 0 Å². The molecule has 0 unspecified atom stereocenters. The summed E-state index contributed by atoms with van der Waals surface area (Å²) >= 11 is 0. The fourth-order valence-electron chi connectivity index (χ4n) is 4.11. The van der Waals surface area contributed by atoms with Crippen LogP contribution in [-0.2, 0) is 0 Å². The lowest BCUT2D eigenvalue weighted by Crippen LogP contribution is -2.19. The average Bonchev–Trinajstić information content (AvgIpc) is 3.56. The Morgan fingerprint density at radius 3 is 2.32 bits per heavy atom. The van der Waals surface area contributed by atoms with E-state index < -0.39 is 0 Å². The summed E-state index contributed by atoms with van der Waals surface area (Å²) in [7, 11) is 0. The molecule has 0 fully saturated rings. The molecule has 5 rings (SSSR count). The minimum absolute atomic E-state index is 0.710. The summed E-state index contributed by atoms with van der Waals surface area (Å²) in [5, 5.41) is 4.40. The zero-order valence-electron chi connectivity index (χ0n) is 19.3. The third kappa shape index (κ3) is 5.60. The largest absolute Gasteiger partial charge is 0.494 e. The molecule has 4 aromatic rings. The molecule has 0 amide bonds. The second-order valence-electron chi connectivity index (χ2n) is 8.47. The lowest BCUT2D eigenvalue weighted by molar-refractivity contribution is 0.287. The lowest BCUT2D eigenvalue weighted by atomic mass is 10.1. The summed E-state index contributed by atoms with van der Waals surface area (Å²) in [5.41, 5.74) is 2.95. The highest BCUT2D eigenvalue weighted by Gasteiger charge is 2.12. The van der Waals surface area contributed by atoms with E-state index in [-0.39, 0.29) is 0 Å². The maximum absolute atomic E-state index is 6.17. The van der Waals surface area contributed by atoms with Crippen molar-refractivity contribution in [2.75, 3.05) is 26.3 Å². The molecule has 3 aromatic carbocycles. The van der Waals surface area contributed by atoms with Crippen molar-refractivity contribution in [1.29, 1.82) is 0 Å². The average molecular weight is 455 g/mol. The highest BCUT2D eigenvalue weighted by atomic mass is 16.5. The van der Waals surface area contributed by atoms with Crippen molar-refractivity contribution in [2.45, 2.75) is 25.7 Å². The number of unbranched alkanes of at least 4 members (excludes halogenated alkanes) is 3. The van der Waals surface area contributed by atoms with Crippen LogP contribution in [0.3, 0.4) is 0 Å². The molecule has 0 spiro atoms. The van der Waals surface area contributed by atoms with Gasteiger partial charge >= 0.3 is 0 Å². The van der Waals surface area contributed by atoms with Crippen LogP contribution in [-0.4, -0.2) is 32.1 Å². The zero-order valence-corrected chi connectivity index (χ0v) is 19.3. The van der Waals surface area contributed by atoms with E-state index in [0.29, 0.717) is 6.61 Å². The first kappa shape index (κ1) is 22.1. The van der Waals surface area contributed by atoms with Gasteiger partial charge in [0.15, 0.2) is 0 Å². The first-order valence-corrected chi connectivity index (χ1v) is 12.1. The summed E-state index contributed by atoms with van der Waals surface area (Å²) in [6.07, 6.45) is 4.35. The van der Waals surface area contributed by atoms with E-state index in [4.69, 9.17) is 13.9 Å². The van der Waals surface area contributed by atoms with Crippen molar-refractivity contribution in [1.82, 2.24) is 5.32 Å². The molecular formula is C29H30N2O3. The Hall–Kier alpha value is -3.73. The van der Waals surface area contributed by atoms with Crippen LogP contribution >= 0.6 is 0 Å². The zero-order chi connectivity index (χ0) is 23.0. The minimum Gasteiger partial charge on any atom is -0.494 e. The Balaban J connectivity index is 1.09. The second-order valence-corrected chi connectivity index (χ2v) is 8.47. The van der Waals surface area contributed by atoms with Crippen molar-refractivity contribution >= 4 is 16.8 Å². The van der Waals surface area contributed by atoms with Gasteiger partial charge in [0.05, 0.1) is 19.8 Å². The molecule has 34 heavy (non-hydrogen) atoms. The summed E-state index contributed by atoms with van der Waals surface area (Å²) in [6.45, 7) is 3.19. The molecule has 5 heteroatoms. The third-order valence-corrected chi connectivity index (χ3v) is 5.91. The van der Waals surface area contributed by atoms with Crippen LogP contribution in [0, 0.1) is 0 Å². The number of aliphatic imine (C=N–C) groups is 1. The number of para-hydroxylation sites is 1. The predicted octanol–water partition coefficient (Wildman–Crippen LogP) is 6.47. The van der Waals surface area contributed by atoms with Gasteiger partial charge in [-0.3, -0.25) is 4.99 Å². The highest BCUT2D eigenvalue weighted by Crippen LogP contribution is 2.30. The molecule has 1 aliphatic heterocycles. The third-order valence-electron chi connectivity index (χ3n) is 5.91. The van der Waals surface area contributed by atoms with Crippen LogP contribution in [0.25, 0.3) is 22.3 Å². The van der Waals surface area contributed by atoms with Gasteiger partial charge in [-0.25, -0.2) is 0 Å². The van der Waals surface area contributed by atoms with Crippen molar-refractivity contribution in [3.8, 4) is 22.8 Å². The molecule has 0 radical (unpaired) electrons. The molecule has 1 aliphatic rings. The van der Waals surface area contributed by atoms with Crippen molar-refractivity contribution in [3.05, 3.63) is 84.4 Å². The quantitative estimate of drug-likeness (QED) is 0.264. The number of rotatable bonds is 11. The van der Waals surface area contributed by atoms with Gasteiger partial charge in [-0.1, -0.05) is 42.5 Å². The van der Waals surface area contributed by atoms with Gasteiger partial charge in [0, 0.05) is 23.1 Å². The van der Waals surface area contributed by atoms with Gasteiger partial charge in [-0.05, 0) is 62.1 Å². The fraction of sp³-hybridized carbons (Fsp3) is 0.276. The Morgan fingerprint density at radius 1 is 0.735 bits per heavy atom. The number of amidine groups is 1. The monoisotopic (exact) mass is 454 g/mol. The van der Waals surface area contributed by atoms with E-state index in [0.717, 1.165) is 90.6 Å². The van der Waals surface area contributed by atoms with Gasteiger partial charge < -0.3 is 19.2 Å². The van der Waals surface area contributed by atoms with E-state index in [1.54, 1.807) is 0 Å². The fourth-order valence-corrected chi connectivity index (χ4v) is 4.11. The summed E-state index contributed by atoms with van der Waals surface area (Å²) < 4.78 is 17.9. The molecule has 0 bridgehead atoms. The van der Waals surface area contributed by atoms with Crippen molar-refractivity contribution in [2.24, 2.45) is 4.99 Å². The number of ether oxygens (including phenoxy) is 2. The molecule has 0 atom stereocenters. The molecule has 2 heterocycles. The number of nitrogens with zero attached hydrogens (tertiary/aromatic N) is 1. The Bertz CT molecular complexity index is 1250. The van der Waals surface area contributed by atoms with Crippen LogP contribution < -0.4 is 14.8 Å². The van der Waals surface area contributed by atoms with Crippen molar-refractivity contribution in [3.63, 3.8) is 0 Å². The van der Waals surface area contributed by atoms with Gasteiger partial charge in [0.25, 0.3) is 0 Å². The first-order valence-electron chi connectivity index (χ1n) is 12.1. The van der Waals surface area contributed by atoms with Crippen LogP contribution in [0.2, 0.25) is 0 Å². The van der Waals surface area contributed by atoms with Crippen LogP contribution in [0.15, 0.2) is 88.3 Å². The molecule has 0 saturated heterocycles. The molecule has 5 nitrogen and oxygen atoms in total. The number of furan rings is 1. The molecule has 1 aromatic heterocycles. The van der Waals surface area contributed by atoms with Gasteiger partial charge in [0.1, 0.15) is 28.7 Å². The van der Waals surface area contributed by atoms with E-state index >= 15 is 0 Å². The SMILES string of the molecule is c1ccc(OCCCCCCOc2cccc(-c3cc4ccc(C5=NCCN5)cc4o3)c2)cc1. The van der Waals surface area contributed by atoms with Crippen molar-refractivity contribution < 1.29 is 13.9 Å². The maximum atomic E-state index is 6.17. The number of fused-ring (bicyclic) bond motifs is 1. The van der Waals surface area contributed by atoms with E-state index in [1.807, 2.05) is 42.5 Å². The first-order chi connectivity index (χ1) is 16.8.